The van der Waals surface area contributed by atoms with Crippen LogP contribution in [-0.2, 0) is 11.3 Å². The lowest BCUT2D eigenvalue weighted by atomic mass is 10.1. The maximum atomic E-state index is 5.72. The first kappa shape index (κ1) is 15.2. The van der Waals surface area contributed by atoms with Gasteiger partial charge in [-0.25, -0.2) is 4.98 Å². The Kier molecular flexibility index (Phi) is 5.73. The van der Waals surface area contributed by atoms with Crippen molar-refractivity contribution in [2.24, 2.45) is 0 Å². The molecule has 1 N–H and O–H groups in total. The Morgan fingerprint density at radius 2 is 2.20 bits per heavy atom. The highest BCUT2D eigenvalue weighted by Gasteiger charge is 2.25. The Bertz CT molecular complexity index is 395. The normalized spacial score (nSPS) is 23.8. The van der Waals surface area contributed by atoms with E-state index in [2.05, 4.69) is 41.0 Å². The Morgan fingerprint density at radius 1 is 1.35 bits per heavy atom. The van der Waals surface area contributed by atoms with E-state index in [9.17, 15) is 0 Å². The minimum atomic E-state index is 0.302. The van der Waals surface area contributed by atoms with Crippen LogP contribution in [0.5, 0.6) is 0 Å². The molecule has 0 aromatic carbocycles. The Morgan fingerprint density at radius 3 is 2.85 bits per heavy atom. The summed E-state index contributed by atoms with van der Waals surface area (Å²) in [7, 11) is 0. The molecule has 1 aliphatic rings. The predicted octanol–water partition coefficient (Wildman–Crippen LogP) is 2.30. The minimum absolute atomic E-state index is 0.302. The van der Waals surface area contributed by atoms with Gasteiger partial charge in [-0.3, -0.25) is 9.88 Å². The molecule has 5 nitrogen and oxygen atoms in total. The number of hydrogen-bond donors (Lipinski definition) is 1. The quantitative estimate of drug-likeness (QED) is 0.865. The van der Waals surface area contributed by atoms with Crippen molar-refractivity contribution in [2.75, 3.05) is 25.0 Å². The molecule has 112 valence electrons. The van der Waals surface area contributed by atoms with E-state index < -0.39 is 0 Å². The number of morpholine rings is 1. The fraction of sp³-hybridized carbons (Fsp3) is 0.733. The highest BCUT2D eigenvalue weighted by Crippen LogP contribution is 2.17. The van der Waals surface area contributed by atoms with Gasteiger partial charge in [0, 0.05) is 25.7 Å². The molecular weight excluding hydrogens is 252 g/mol. The molecule has 5 heteroatoms. The van der Waals surface area contributed by atoms with Crippen LogP contribution in [0.1, 0.15) is 39.3 Å². The van der Waals surface area contributed by atoms with Crippen molar-refractivity contribution >= 4 is 5.82 Å². The average molecular weight is 278 g/mol. The van der Waals surface area contributed by atoms with Crippen LogP contribution >= 0.6 is 0 Å². The van der Waals surface area contributed by atoms with Crippen molar-refractivity contribution in [1.82, 2.24) is 14.9 Å². The molecule has 0 amide bonds. The maximum absolute atomic E-state index is 5.72. The van der Waals surface area contributed by atoms with Gasteiger partial charge in [-0.05, 0) is 19.8 Å². The summed E-state index contributed by atoms with van der Waals surface area (Å²) in [5.74, 6) is 0.859. The van der Waals surface area contributed by atoms with Crippen LogP contribution in [0.2, 0.25) is 0 Å². The summed E-state index contributed by atoms with van der Waals surface area (Å²) in [6.07, 6.45) is 6.21. The molecule has 2 atom stereocenters. The Labute approximate surface area is 121 Å². The van der Waals surface area contributed by atoms with E-state index in [0.717, 1.165) is 50.6 Å². The van der Waals surface area contributed by atoms with Gasteiger partial charge in [0.15, 0.2) is 0 Å². The largest absolute Gasteiger partial charge is 0.376 e. The minimum Gasteiger partial charge on any atom is -0.376 e. The first-order valence-electron chi connectivity index (χ1n) is 7.63. The summed E-state index contributed by atoms with van der Waals surface area (Å²) in [5, 5.41) is 3.24. The lowest BCUT2D eigenvalue weighted by molar-refractivity contribution is -0.0596. The third-order valence-electron chi connectivity index (χ3n) is 3.68. The van der Waals surface area contributed by atoms with Gasteiger partial charge >= 0.3 is 0 Å². The van der Waals surface area contributed by atoms with E-state index in [1.165, 1.54) is 0 Å². The highest BCUT2D eigenvalue weighted by molar-refractivity contribution is 5.30. The third kappa shape index (κ3) is 4.15. The monoisotopic (exact) mass is 278 g/mol. The van der Waals surface area contributed by atoms with E-state index in [4.69, 9.17) is 4.74 Å². The van der Waals surface area contributed by atoms with E-state index in [0.29, 0.717) is 12.1 Å². The van der Waals surface area contributed by atoms with Gasteiger partial charge in [-0.1, -0.05) is 13.8 Å². The first-order chi connectivity index (χ1) is 9.72. The third-order valence-corrected chi connectivity index (χ3v) is 3.68. The summed E-state index contributed by atoms with van der Waals surface area (Å²) in [4.78, 5) is 11.4. The summed E-state index contributed by atoms with van der Waals surface area (Å²) in [6.45, 7) is 10.1. The van der Waals surface area contributed by atoms with Crippen LogP contribution in [0.4, 0.5) is 5.82 Å². The Hall–Kier alpha value is -1.20. The molecule has 1 fully saturated rings. The molecule has 2 heterocycles. The summed E-state index contributed by atoms with van der Waals surface area (Å²) < 4.78 is 5.72. The van der Waals surface area contributed by atoms with Crippen molar-refractivity contribution < 1.29 is 4.74 Å². The van der Waals surface area contributed by atoms with Crippen LogP contribution < -0.4 is 5.32 Å². The molecule has 20 heavy (non-hydrogen) atoms. The fourth-order valence-corrected chi connectivity index (χ4v) is 2.47. The average Bonchev–Trinajstić information content (AvgIpc) is 2.47. The smallest absolute Gasteiger partial charge is 0.144 e. The van der Waals surface area contributed by atoms with Crippen LogP contribution in [0.15, 0.2) is 12.4 Å². The van der Waals surface area contributed by atoms with Crippen molar-refractivity contribution in [2.45, 2.75) is 52.3 Å². The van der Waals surface area contributed by atoms with Gasteiger partial charge in [0.25, 0.3) is 0 Å². The molecule has 0 saturated carbocycles. The number of aromatic nitrogens is 2. The molecule has 0 bridgehead atoms. The van der Waals surface area contributed by atoms with Gasteiger partial charge in [0.2, 0.25) is 0 Å². The van der Waals surface area contributed by atoms with Crippen molar-refractivity contribution in [3.63, 3.8) is 0 Å². The number of ether oxygens (including phenoxy) is 1. The fourth-order valence-electron chi connectivity index (χ4n) is 2.47. The molecule has 0 radical (unpaired) electrons. The van der Waals surface area contributed by atoms with Gasteiger partial charge in [0.05, 0.1) is 30.8 Å². The lowest BCUT2D eigenvalue weighted by Gasteiger charge is -2.38. The zero-order valence-electron chi connectivity index (χ0n) is 12.8. The van der Waals surface area contributed by atoms with Crippen molar-refractivity contribution in [3.05, 3.63) is 18.1 Å². The molecule has 2 unspecified atom stereocenters. The highest BCUT2D eigenvalue weighted by atomic mass is 16.5. The zero-order chi connectivity index (χ0) is 14.4. The SMILES string of the molecule is CCCNc1cnc(CN2CC(C)OCC2CC)cn1. The molecule has 1 aromatic rings. The maximum Gasteiger partial charge on any atom is 0.144 e. The summed E-state index contributed by atoms with van der Waals surface area (Å²) >= 11 is 0. The van der Waals surface area contributed by atoms with E-state index in [1.54, 1.807) is 0 Å². The number of hydrogen-bond acceptors (Lipinski definition) is 5. The number of anilines is 1. The molecular formula is C15H26N4O. The molecule has 0 spiro atoms. The van der Waals surface area contributed by atoms with Gasteiger partial charge in [-0.15, -0.1) is 0 Å². The van der Waals surface area contributed by atoms with Crippen LogP contribution in [0.3, 0.4) is 0 Å². The molecule has 1 aromatic heterocycles. The molecule has 1 saturated heterocycles. The number of nitrogens with one attached hydrogen (secondary N) is 1. The topological polar surface area (TPSA) is 50.3 Å². The number of rotatable bonds is 6. The van der Waals surface area contributed by atoms with Crippen LogP contribution in [0, 0.1) is 0 Å². The van der Waals surface area contributed by atoms with Crippen molar-refractivity contribution in [1.29, 1.82) is 0 Å². The van der Waals surface area contributed by atoms with E-state index in [-0.39, 0.29) is 0 Å². The van der Waals surface area contributed by atoms with E-state index >= 15 is 0 Å². The molecule has 0 aliphatic carbocycles. The summed E-state index contributed by atoms with van der Waals surface area (Å²) in [5.41, 5.74) is 1.03. The predicted molar refractivity (Wildman–Crippen MR) is 80.7 cm³/mol. The summed E-state index contributed by atoms with van der Waals surface area (Å²) in [6, 6.07) is 0.492. The second-order valence-electron chi connectivity index (χ2n) is 5.46. The van der Waals surface area contributed by atoms with Crippen molar-refractivity contribution in [3.8, 4) is 0 Å². The van der Waals surface area contributed by atoms with Crippen LogP contribution in [0.25, 0.3) is 0 Å². The zero-order valence-corrected chi connectivity index (χ0v) is 12.8. The van der Waals surface area contributed by atoms with Gasteiger partial charge in [-0.2, -0.15) is 0 Å². The van der Waals surface area contributed by atoms with E-state index in [1.807, 2.05) is 12.4 Å². The second-order valence-corrected chi connectivity index (χ2v) is 5.46. The molecule has 1 aliphatic heterocycles. The van der Waals surface area contributed by atoms with Gasteiger partial charge in [0.1, 0.15) is 5.82 Å². The van der Waals surface area contributed by atoms with Gasteiger partial charge < -0.3 is 10.1 Å². The second kappa shape index (κ2) is 7.55. The molecule has 2 rings (SSSR count). The Balaban J connectivity index is 1.94. The standard InChI is InChI=1S/C15H26N4O/c1-4-6-16-15-8-17-13(7-18-15)10-19-9-12(3)20-11-14(19)5-2/h7-8,12,14H,4-6,9-11H2,1-3H3,(H,16,18). The number of nitrogens with zero attached hydrogens (tertiary/aromatic N) is 3. The lowest BCUT2D eigenvalue weighted by Crippen LogP contribution is -2.48. The van der Waals surface area contributed by atoms with Crippen LogP contribution in [-0.4, -0.2) is 46.7 Å². The first-order valence-corrected chi connectivity index (χ1v) is 7.63.